The number of aliphatic carboxylic acids is 2. The zero-order valence-corrected chi connectivity index (χ0v) is 14.2. The summed E-state index contributed by atoms with van der Waals surface area (Å²) in [5, 5.41) is 15.6. The molecule has 7 heteroatoms. The van der Waals surface area contributed by atoms with Crippen LogP contribution in [0.1, 0.15) is 34.6 Å². The maximum Gasteiger partial charge on any atom is 0.328 e. The van der Waals surface area contributed by atoms with Crippen molar-refractivity contribution in [3.8, 4) is 0 Å². The van der Waals surface area contributed by atoms with Gasteiger partial charge >= 0.3 is 11.9 Å². The lowest BCUT2D eigenvalue weighted by molar-refractivity contribution is -0.134. The van der Waals surface area contributed by atoms with E-state index in [1.165, 1.54) is 0 Å². The Morgan fingerprint density at radius 3 is 1.32 bits per heavy atom. The number of hydrogen-bond acceptors (Lipinski definition) is 3. The van der Waals surface area contributed by atoms with E-state index in [1.54, 1.807) is 0 Å². The first-order valence-corrected chi connectivity index (χ1v) is 7.55. The van der Waals surface area contributed by atoms with Crippen molar-refractivity contribution in [3.05, 3.63) is 12.2 Å². The Morgan fingerprint density at radius 1 is 0.818 bits per heavy atom. The third-order valence-corrected chi connectivity index (χ3v) is 2.76. The highest BCUT2D eigenvalue weighted by Crippen LogP contribution is 1.99. The average molecular weight is 315 g/mol. The summed E-state index contributed by atoms with van der Waals surface area (Å²) in [5.41, 5.74) is 0. The Hall–Kier alpha value is -2.05. The van der Waals surface area contributed by atoms with Gasteiger partial charge in [-0.3, -0.25) is 4.99 Å². The van der Waals surface area contributed by atoms with Gasteiger partial charge in [-0.1, -0.05) is 0 Å². The third kappa shape index (κ3) is 10.7. The van der Waals surface area contributed by atoms with Gasteiger partial charge in [0.25, 0.3) is 0 Å². The molecule has 0 bridgehead atoms. The minimum Gasteiger partial charge on any atom is -0.478 e. The molecule has 0 rings (SSSR count). The molecule has 0 unspecified atom stereocenters. The van der Waals surface area contributed by atoms with Gasteiger partial charge in [0.2, 0.25) is 0 Å². The fourth-order valence-electron chi connectivity index (χ4n) is 1.70. The van der Waals surface area contributed by atoms with Crippen LogP contribution in [0.25, 0.3) is 0 Å². The Kier molecular flexibility index (Phi) is 14.1. The third-order valence-electron chi connectivity index (χ3n) is 2.76. The first-order valence-electron chi connectivity index (χ1n) is 7.55. The van der Waals surface area contributed by atoms with E-state index < -0.39 is 11.9 Å². The van der Waals surface area contributed by atoms with Crippen molar-refractivity contribution in [1.82, 2.24) is 9.80 Å². The Balaban J connectivity index is 0. The van der Waals surface area contributed by atoms with Crippen LogP contribution in [0.5, 0.6) is 0 Å². The molecule has 7 nitrogen and oxygen atoms in total. The highest BCUT2D eigenvalue weighted by Gasteiger charge is 2.12. The molecule has 0 fully saturated rings. The van der Waals surface area contributed by atoms with E-state index in [9.17, 15) is 9.59 Å². The van der Waals surface area contributed by atoms with Gasteiger partial charge in [-0.2, -0.15) is 0 Å². The number of rotatable bonds is 7. The summed E-state index contributed by atoms with van der Waals surface area (Å²) in [6.45, 7) is 15.8. The Morgan fingerprint density at radius 2 is 1.14 bits per heavy atom. The fraction of sp³-hybridized carbons (Fsp3) is 0.667. The van der Waals surface area contributed by atoms with Crippen molar-refractivity contribution < 1.29 is 19.8 Å². The first kappa shape index (κ1) is 22.2. The van der Waals surface area contributed by atoms with Crippen LogP contribution < -0.4 is 0 Å². The standard InChI is InChI=1S/C11H25N3.C4H4O4/c1-6-12-11(13(7-2)8-3)14(9-4)10-5;5-3(6)1-2-4(7)8/h6-10H2,1-5H3;1-2H,(H,5,6)(H,7,8)/b;2-1+. The predicted octanol–water partition coefficient (Wildman–Crippen LogP) is 1.76. The predicted molar refractivity (Wildman–Crippen MR) is 88.2 cm³/mol. The van der Waals surface area contributed by atoms with Crippen molar-refractivity contribution >= 4 is 17.9 Å². The highest BCUT2D eigenvalue weighted by atomic mass is 16.4. The SMILES string of the molecule is CCN=C(N(CC)CC)N(CC)CC.O=C(O)/C=C/C(=O)O. The van der Waals surface area contributed by atoms with Gasteiger partial charge in [-0.05, 0) is 34.6 Å². The molecule has 2 N–H and O–H groups in total. The van der Waals surface area contributed by atoms with Gasteiger partial charge in [0.15, 0.2) is 5.96 Å². The second kappa shape index (κ2) is 13.9. The average Bonchev–Trinajstić information content (AvgIpc) is 2.48. The second-order valence-electron chi connectivity index (χ2n) is 4.13. The molecule has 0 aromatic carbocycles. The highest BCUT2D eigenvalue weighted by molar-refractivity contribution is 5.89. The van der Waals surface area contributed by atoms with Gasteiger partial charge in [-0.15, -0.1) is 0 Å². The van der Waals surface area contributed by atoms with E-state index in [1.807, 2.05) is 0 Å². The molecule has 22 heavy (non-hydrogen) atoms. The molecule has 0 radical (unpaired) electrons. The van der Waals surface area contributed by atoms with E-state index in [2.05, 4.69) is 49.4 Å². The van der Waals surface area contributed by atoms with Gasteiger partial charge < -0.3 is 20.0 Å². The summed E-state index contributed by atoms with van der Waals surface area (Å²) in [5.74, 6) is -1.36. The van der Waals surface area contributed by atoms with E-state index in [0.29, 0.717) is 12.2 Å². The van der Waals surface area contributed by atoms with Crippen LogP contribution in [-0.2, 0) is 9.59 Å². The topological polar surface area (TPSA) is 93.4 Å². The minimum atomic E-state index is -1.26. The summed E-state index contributed by atoms with van der Waals surface area (Å²) in [6.07, 6.45) is 1.12. The van der Waals surface area contributed by atoms with Crippen molar-refractivity contribution in [2.45, 2.75) is 34.6 Å². The molecule has 0 aliphatic rings. The number of carbonyl (C=O) groups is 2. The largest absolute Gasteiger partial charge is 0.478 e. The number of carboxylic acids is 2. The molecular formula is C15H29N3O4. The first-order chi connectivity index (χ1) is 10.4. The summed E-state index contributed by atoms with van der Waals surface area (Å²) in [6, 6.07) is 0. The quantitative estimate of drug-likeness (QED) is 0.422. The molecule has 0 aromatic rings. The molecule has 0 saturated carbocycles. The maximum absolute atomic E-state index is 9.55. The Bertz CT molecular complexity index is 343. The molecule has 0 aliphatic heterocycles. The molecule has 128 valence electrons. The molecular weight excluding hydrogens is 286 g/mol. The molecule has 0 amide bonds. The molecule has 0 heterocycles. The van der Waals surface area contributed by atoms with Crippen LogP contribution in [0.3, 0.4) is 0 Å². The lowest BCUT2D eigenvalue weighted by Crippen LogP contribution is -2.44. The van der Waals surface area contributed by atoms with E-state index in [4.69, 9.17) is 10.2 Å². The van der Waals surface area contributed by atoms with Crippen LogP contribution in [0.2, 0.25) is 0 Å². The van der Waals surface area contributed by atoms with Crippen molar-refractivity contribution in [2.24, 2.45) is 4.99 Å². The Labute approximate surface area is 132 Å². The molecule has 0 saturated heterocycles. The van der Waals surface area contributed by atoms with Gasteiger partial charge in [0.1, 0.15) is 0 Å². The van der Waals surface area contributed by atoms with Gasteiger partial charge in [-0.25, -0.2) is 9.59 Å². The zero-order chi connectivity index (χ0) is 17.5. The summed E-state index contributed by atoms with van der Waals surface area (Å²) < 4.78 is 0. The normalized spacial score (nSPS) is 9.68. The number of carboxylic acid groups (broad SMARTS) is 2. The van der Waals surface area contributed by atoms with Crippen LogP contribution in [0, 0.1) is 0 Å². The zero-order valence-electron chi connectivity index (χ0n) is 14.2. The maximum atomic E-state index is 9.55. The molecule has 0 aromatic heterocycles. The van der Waals surface area contributed by atoms with Crippen molar-refractivity contribution in [1.29, 1.82) is 0 Å². The van der Waals surface area contributed by atoms with Crippen LogP contribution in [0.15, 0.2) is 17.1 Å². The van der Waals surface area contributed by atoms with Crippen LogP contribution in [0.4, 0.5) is 0 Å². The molecule has 0 spiro atoms. The summed E-state index contributed by atoms with van der Waals surface area (Å²) >= 11 is 0. The van der Waals surface area contributed by atoms with Crippen molar-refractivity contribution in [3.63, 3.8) is 0 Å². The number of hydrogen-bond donors (Lipinski definition) is 2. The minimum absolute atomic E-state index is 0.558. The molecule has 0 atom stereocenters. The van der Waals surface area contributed by atoms with Crippen molar-refractivity contribution in [2.75, 3.05) is 32.7 Å². The van der Waals surface area contributed by atoms with Gasteiger partial charge in [0.05, 0.1) is 0 Å². The van der Waals surface area contributed by atoms with Crippen LogP contribution in [-0.4, -0.2) is 70.6 Å². The number of aliphatic imine (C=N–C) groups is 1. The lowest BCUT2D eigenvalue weighted by Gasteiger charge is -2.31. The van der Waals surface area contributed by atoms with E-state index in [0.717, 1.165) is 38.7 Å². The second-order valence-corrected chi connectivity index (χ2v) is 4.13. The van der Waals surface area contributed by atoms with Gasteiger partial charge in [0, 0.05) is 44.9 Å². The number of guanidine groups is 1. The summed E-state index contributed by atoms with van der Waals surface area (Å²) in [7, 11) is 0. The molecule has 0 aliphatic carbocycles. The monoisotopic (exact) mass is 315 g/mol. The van der Waals surface area contributed by atoms with E-state index >= 15 is 0 Å². The van der Waals surface area contributed by atoms with E-state index in [-0.39, 0.29) is 0 Å². The fourth-order valence-corrected chi connectivity index (χ4v) is 1.70. The van der Waals surface area contributed by atoms with Crippen LogP contribution >= 0.6 is 0 Å². The smallest absolute Gasteiger partial charge is 0.328 e. The summed E-state index contributed by atoms with van der Waals surface area (Å²) in [4.78, 5) is 28.3. The number of nitrogens with zero attached hydrogens (tertiary/aromatic N) is 3. The lowest BCUT2D eigenvalue weighted by atomic mass is 10.4.